The predicted octanol–water partition coefficient (Wildman–Crippen LogP) is 14.8. The number of rotatable bonds is 46. The van der Waals surface area contributed by atoms with E-state index in [9.17, 15) is 14.3 Å². The van der Waals surface area contributed by atoms with E-state index in [2.05, 4.69) is 38.2 Å². The average Bonchev–Trinajstić information content (AvgIpc) is 3.18. The Bertz CT molecular complexity index is 983. The highest BCUT2D eigenvalue weighted by atomic mass is 31.2. The van der Waals surface area contributed by atoms with Crippen molar-refractivity contribution in [2.45, 2.75) is 232 Å². The number of carbonyl (C=O) groups is 1. The molecule has 0 fully saturated rings. The van der Waals surface area contributed by atoms with Crippen molar-refractivity contribution in [2.75, 3.05) is 54.1 Å². The quantitative estimate of drug-likeness (QED) is 0.0215. The van der Waals surface area contributed by atoms with Gasteiger partial charge in [0, 0.05) is 13.0 Å². The van der Waals surface area contributed by atoms with E-state index in [1.807, 2.05) is 21.1 Å². The van der Waals surface area contributed by atoms with Gasteiger partial charge in [-0.2, -0.15) is 0 Å². The van der Waals surface area contributed by atoms with Crippen molar-refractivity contribution in [1.29, 1.82) is 0 Å². The van der Waals surface area contributed by atoms with Gasteiger partial charge in [-0.15, -0.1) is 0 Å². The molecule has 0 aliphatic carbocycles. The summed E-state index contributed by atoms with van der Waals surface area (Å²) in [7, 11) is 1.67. The van der Waals surface area contributed by atoms with Crippen LogP contribution in [0.1, 0.15) is 226 Å². The number of likely N-dealkylation sites (N-methyl/N-ethyl adjacent to an activating group) is 1. The number of nitrogens with zero attached hydrogens (tertiary/aromatic N) is 1. The molecule has 0 radical (unpaired) electrons. The highest BCUT2D eigenvalue weighted by Crippen LogP contribution is 2.43. The lowest BCUT2D eigenvalue weighted by molar-refractivity contribution is -0.870. The van der Waals surface area contributed by atoms with E-state index < -0.39 is 13.9 Å². The Kier molecular flexibility index (Phi) is 41.9. The van der Waals surface area contributed by atoms with Gasteiger partial charge >= 0.3 is 13.8 Å². The molecule has 0 aliphatic rings. The lowest BCUT2D eigenvalue weighted by Gasteiger charge is -2.24. The maximum absolute atomic E-state index is 12.7. The molecule has 0 aromatic heterocycles. The van der Waals surface area contributed by atoms with Crippen molar-refractivity contribution in [3.05, 3.63) is 24.3 Å². The summed E-state index contributed by atoms with van der Waals surface area (Å²) >= 11 is 0. The Hall–Kier alpha value is -1.02. The monoisotopic (exact) mass is 843 g/mol. The third-order valence-electron chi connectivity index (χ3n) is 10.8. The summed E-state index contributed by atoms with van der Waals surface area (Å²) in [6.07, 6.45) is 49.3. The Morgan fingerprint density at radius 2 is 0.948 bits per heavy atom. The summed E-state index contributed by atoms with van der Waals surface area (Å²) in [5.41, 5.74) is 0. The molecule has 0 bridgehead atoms. The van der Waals surface area contributed by atoms with Gasteiger partial charge in [0.05, 0.1) is 34.4 Å². The molecule has 0 amide bonds. The van der Waals surface area contributed by atoms with Crippen LogP contribution in [0.5, 0.6) is 0 Å². The fraction of sp³-hybridized carbons (Fsp3) is 0.898. The molecule has 58 heavy (non-hydrogen) atoms. The number of esters is 1. The van der Waals surface area contributed by atoms with Gasteiger partial charge in [0.25, 0.3) is 0 Å². The van der Waals surface area contributed by atoms with Gasteiger partial charge in [-0.25, -0.2) is 4.57 Å². The van der Waals surface area contributed by atoms with Crippen LogP contribution in [-0.2, 0) is 27.9 Å². The smallest absolute Gasteiger partial charge is 0.457 e. The molecule has 2 unspecified atom stereocenters. The van der Waals surface area contributed by atoms with Crippen LogP contribution in [0.4, 0.5) is 0 Å². The van der Waals surface area contributed by atoms with Crippen molar-refractivity contribution in [1.82, 2.24) is 0 Å². The number of unbranched alkanes of at least 4 members (excludes halogenated alkanes) is 28. The highest BCUT2D eigenvalue weighted by Gasteiger charge is 2.26. The first-order valence-corrected chi connectivity index (χ1v) is 26.1. The Morgan fingerprint density at radius 1 is 0.534 bits per heavy atom. The van der Waals surface area contributed by atoms with Gasteiger partial charge in [-0.05, 0) is 44.9 Å². The van der Waals surface area contributed by atoms with Crippen LogP contribution in [0.3, 0.4) is 0 Å². The molecule has 2 atom stereocenters. The van der Waals surface area contributed by atoms with E-state index in [1.165, 1.54) is 148 Å². The van der Waals surface area contributed by atoms with Crippen molar-refractivity contribution in [3.8, 4) is 0 Å². The van der Waals surface area contributed by atoms with Crippen molar-refractivity contribution >= 4 is 13.8 Å². The molecule has 0 heterocycles. The van der Waals surface area contributed by atoms with E-state index >= 15 is 0 Å². The van der Waals surface area contributed by atoms with E-state index in [1.54, 1.807) is 0 Å². The zero-order valence-electron chi connectivity index (χ0n) is 39.0. The first-order valence-electron chi connectivity index (χ1n) is 24.6. The van der Waals surface area contributed by atoms with Gasteiger partial charge in [-0.3, -0.25) is 13.8 Å². The lowest BCUT2D eigenvalue weighted by Crippen LogP contribution is -2.37. The molecule has 0 spiro atoms. The van der Waals surface area contributed by atoms with E-state index in [-0.39, 0.29) is 25.8 Å². The van der Waals surface area contributed by atoms with Crippen LogP contribution in [0.15, 0.2) is 24.3 Å². The molecule has 0 aliphatic heterocycles. The van der Waals surface area contributed by atoms with Crippen LogP contribution in [0.2, 0.25) is 0 Å². The topological polar surface area (TPSA) is 91.3 Å². The molecular weight excluding hydrogens is 746 g/mol. The molecule has 9 heteroatoms. The van der Waals surface area contributed by atoms with Gasteiger partial charge in [0.15, 0.2) is 0 Å². The second-order valence-corrected chi connectivity index (χ2v) is 19.3. The first kappa shape index (κ1) is 57.0. The first-order chi connectivity index (χ1) is 28.1. The second-order valence-electron chi connectivity index (χ2n) is 17.9. The number of ether oxygens (including phenoxy) is 2. The minimum absolute atomic E-state index is 0.0878. The van der Waals surface area contributed by atoms with Gasteiger partial charge < -0.3 is 18.9 Å². The SMILES string of the molecule is CCCCC/C=C\C/C=C\CCCCCCCC(=O)OC(COCCCCCCCCCCCCCCCCCCCCCCC)COP(=O)(O)OCC[N+](C)(C)C. The number of phosphoric acid groups is 1. The fourth-order valence-electron chi connectivity index (χ4n) is 6.94. The summed E-state index contributed by atoms with van der Waals surface area (Å²) in [5, 5.41) is 0. The lowest BCUT2D eigenvalue weighted by atomic mass is 10.0. The fourth-order valence-corrected chi connectivity index (χ4v) is 7.68. The minimum Gasteiger partial charge on any atom is -0.457 e. The molecule has 0 aromatic rings. The highest BCUT2D eigenvalue weighted by molar-refractivity contribution is 7.47. The number of allylic oxidation sites excluding steroid dienone is 4. The molecule has 0 saturated carbocycles. The Morgan fingerprint density at radius 3 is 1.43 bits per heavy atom. The zero-order chi connectivity index (χ0) is 42.7. The van der Waals surface area contributed by atoms with Crippen molar-refractivity contribution in [2.24, 2.45) is 0 Å². The molecule has 8 nitrogen and oxygen atoms in total. The van der Waals surface area contributed by atoms with Crippen molar-refractivity contribution in [3.63, 3.8) is 0 Å². The minimum atomic E-state index is -4.28. The predicted molar refractivity (Wildman–Crippen MR) is 247 cm³/mol. The largest absolute Gasteiger partial charge is 0.472 e. The zero-order valence-corrected chi connectivity index (χ0v) is 39.9. The summed E-state index contributed by atoms with van der Waals surface area (Å²) in [6.45, 7) is 5.62. The standard InChI is InChI=1S/C49H96NO7P/c1-6-8-10-12-14-16-18-20-22-23-24-25-26-27-29-31-33-35-37-39-41-44-54-46-48(47-56-58(52,53)55-45-43-50(3,4)5)57-49(51)42-40-38-36-34-32-30-28-21-19-17-15-13-11-9-7-2/h15,17,21,28,48H,6-14,16,18-20,22-27,29-47H2,1-5H3/p+1/b17-15-,28-21-. The van der Waals surface area contributed by atoms with Crippen LogP contribution >= 0.6 is 7.82 Å². The molecule has 0 rings (SSSR count). The number of quaternary nitrogens is 1. The van der Waals surface area contributed by atoms with Crippen molar-refractivity contribution < 1.29 is 37.3 Å². The maximum atomic E-state index is 12.7. The molecular formula is C49H97NO7P+. The number of carbonyl (C=O) groups excluding carboxylic acids is 1. The third kappa shape index (κ3) is 46.1. The van der Waals surface area contributed by atoms with Gasteiger partial charge in [-0.1, -0.05) is 199 Å². The summed E-state index contributed by atoms with van der Waals surface area (Å²) in [5.74, 6) is -0.323. The normalized spacial score (nSPS) is 13.8. The molecule has 0 saturated heterocycles. The number of phosphoric ester groups is 1. The maximum Gasteiger partial charge on any atom is 0.472 e. The molecule has 1 N–H and O–H groups in total. The molecule has 344 valence electrons. The van der Waals surface area contributed by atoms with E-state index in [0.717, 1.165) is 57.8 Å². The van der Waals surface area contributed by atoms with Gasteiger partial charge in [0.2, 0.25) is 0 Å². The molecule has 0 aromatic carbocycles. The summed E-state index contributed by atoms with van der Waals surface area (Å²) in [6, 6.07) is 0. The second kappa shape index (κ2) is 42.7. The number of hydrogen-bond acceptors (Lipinski definition) is 6. The third-order valence-corrected chi connectivity index (χ3v) is 11.7. The Labute approximate surface area is 360 Å². The summed E-state index contributed by atoms with van der Waals surface area (Å²) in [4.78, 5) is 22.9. The average molecular weight is 843 g/mol. The van der Waals surface area contributed by atoms with Crippen LogP contribution in [0.25, 0.3) is 0 Å². The number of hydrogen-bond donors (Lipinski definition) is 1. The van der Waals surface area contributed by atoms with Crippen LogP contribution < -0.4 is 0 Å². The summed E-state index contributed by atoms with van der Waals surface area (Å²) < 4.78 is 35.1. The van der Waals surface area contributed by atoms with Gasteiger partial charge in [0.1, 0.15) is 19.3 Å². The van der Waals surface area contributed by atoms with Crippen LogP contribution in [-0.4, -0.2) is 75.6 Å². The van der Waals surface area contributed by atoms with E-state index in [4.69, 9.17) is 18.5 Å². The van der Waals surface area contributed by atoms with Crippen LogP contribution in [0, 0.1) is 0 Å². The Balaban J connectivity index is 4.13. The van der Waals surface area contributed by atoms with E-state index in [0.29, 0.717) is 24.1 Å².